The van der Waals surface area contributed by atoms with Crippen molar-refractivity contribution < 1.29 is 38.1 Å². The van der Waals surface area contributed by atoms with Gasteiger partial charge in [0.15, 0.2) is 5.12 Å². The SMILES string of the molecule is COCC(=O)NCCOCCOCCOCCOCCNC(=O)CSC(C)=O. The maximum Gasteiger partial charge on any atom is 0.246 e. The van der Waals surface area contributed by atoms with Crippen LogP contribution >= 0.6 is 11.8 Å². The van der Waals surface area contributed by atoms with Crippen molar-refractivity contribution >= 4 is 28.7 Å². The van der Waals surface area contributed by atoms with Gasteiger partial charge in [-0.15, -0.1) is 0 Å². The maximum atomic E-state index is 11.3. The van der Waals surface area contributed by atoms with Crippen molar-refractivity contribution in [1.29, 1.82) is 0 Å². The van der Waals surface area contributed by atoms with Gasteiger partial charge < -0.3 is 34.3 Å². The predicted octanol–water partition coefficient (Wildman–Crippen LogP) is -0.789. The molecular formula is C17H32N2O8S. The van der Waals surface area contributed by atoms with Gasteiger partial charge in [0.1, 0.15) is 6.61 Å². The van der Waals surface area contributed by atoms with Gasteiger partial charge in [-0.1, -0.05) is 11.8 Å². The number of hydrogen-bond acceptors (Lipinski definition) is 9. The smallest absolute Gasteiger partial charge is 0.246 e. The van der Waals surface area contributed by atoms with Crippen molar-refractivity contribution in [1.82, 2.24) is 10.6 Å². The Kier molecular flexibility index (Phi) is 19.6. The standard InChI is InChI=1S/C17H32N2O8S/c1-15(20)28-14-17(22)19-4-6-25-8-10-27-12-11-26-9-7-24-5-3-18-16(21)13-23-2/h3-14H2,1-2H3,(H,18,21)(H,19,22). The molecule has 0 aliphatic carbocycles. The van der Waals surface area contributed by atoms with E-state index in [2.05, 4.69) is 15.4 Å². The third-order valence-corrected chi connectivity index (χ3v) is 3.75. The molecule has 0 aliphatic heterocycles. The number of carbonyl (C=O) groups is 3. The van der Waals surface area contributed by atoms with Crippen LogP contribution in [-0.4, -0.2) is 102 Å². The number of ether oxygens (including phenoxy) is 5. The number of thioether (sulfide) groups is 1. The molecule has 0 fully saturated rings. The molecule has 0 aromatic rings. The van der Waals surface area contributed by atoms with E-state index >= 15 is 0 Å². The largest absolute Gasteiger partial charge is 0.377 e. The molecule has 11 heteroatoms. The zero-order chi connectivity index (χ0) is 20.9. The second-order valence-electron chi connectivity index (χ2n) is 5.36. The Bertz CT molecular complexity index is 426. The quantitative estimate of drug-likeness (QED) is 0.257. The first-order valence-electron chi connectivity index (χ1n) is 9.03. The van der Waals surface area contributed by atoms with Crippen LogP contribution in [0.3, 0.4) is 0 Å². The number of amides is 2. The van der Waals surface area contributed by atoms with Crippen molar-refractivity contribution in [2.24, 2.45) is 0 Å². The van der Waals surface area contributed by atoms with E-state index in [1.54, 1.807) is 0 Å². The van der Waals surface area contributed by atoms with Gasteiger partial charge in [0.2, 0.25) is 11.8 Å². The number of nitrogens with one attached hydrogen (secondary N) is 2. The molecule has 10 nitrogen and oxygen atoms in total. The normalized spacial score (nSPS) is 10.6. The Morgan fingerprint density at radius 1 is 0.714 bits per heavy atom. The highest BCUT2D eigenvalue weighted by molar-refractivity contribution is 8.14. The monoisotopic (exact) mass is 424 g/mol. The third kappa shape index (κ3) is 21.1. The summed E-state index contributed by atoms with van der Waals surface area (Å²) in [4.78, 5) is 33.1. The molecule has 0 rings (SSSR count). The first-order valence-corrected chi connectivity index (χ1v) is 10.0. The van der Waals surface area contributed by atoms with Crippen molar-refractivity contribution in [3.8, 4) is 0 Å². The van der Waals surface area contributed by atoms with E-state index in [-0.39, 0.29) is 29.3 Å². The Hall–Kier alpha value is -1.24. The lowest BCUT2D eigenvalue weighted by Crippen LogP contribution is -2.30. The first kappa shape index (κ1) is 26.8. The van der Waals surface area contributed by atoms with Crippen molar-refractivity contribution in [3.05, 3.63) is 0 Å². The molecule has 2 amide bonds. The lowest BCUT2D eigenvalue weighted by molar-refractivity contribution is -0.125. The fourth-order valence-corrected chi connectivity index (χ4v) is 2.12. The molecule has 2 N–H and O–H groups in total. The molecule has 0 spiro atoms. The Morgan fingerprint density at radius 3 is 1.57 bits per heavy atom. The molecular weight excluding hydrogens is 392 g/mol. The Morgan fingerprint density at radius 2 is 1.14 bits per heavy atom. The molecule has 0 bridgehead atoms. The lowest BCUT2D eigenvalue weighted by Gasteiger charge is -2.08. The van der Waals surface area contributed by atoms with Crippen LogP contribution in [0.15, 0.2) is 0 Å². The summed E-state index contributed by atoms with van der Waals surface area (Å²) < 4.78 is 26.0. The van der Waals surface area contributed by atoms with E-state index in [1.807, 2.05) is 0 Å². The van der Waals surface area contributed by atoms with E-state index in [9.17, 15) is 14.4 Å². The molecule has 0 aromatic heterocycles. The number of hydrogen-bond donors (Lipinski definition) is 2. The summed E-state index contributed by atoms with van der Waals surface area (Å²) in [6, 6.07) is 0. The average Bonchev–Trinajstić information content (AvgIpc) is 2.66. The van der Waals surface area contributed by atoms with Crippen LogP contribution in [0, 0.1) is 0 Å². The molecule has 164 valence electrons. The van der Waals surface area contributed by atoms with Crippen LogP contribution in [0.4, 0.5) is 0 Å². The summed E-state index contributed by atoms with van der Waals surface area (Å²) in [6.07, 6.45) is 0. The van der Waals surface area contributed by atoms with Gasteiger partial charge in [0, 0.05) is 27.1 Å². The highest BCUT2D eigenvalue weighted by atomic mass is 32.2. The second kappa shape index (κ2) is 20.5. The van der Waals surface area contributed by atoms with E-state index in [4.69, 9.17) is 18.9 Å². The first-order chi connectivity index (χ1) is 13.6. The maximum absolute atomic E-state index is 11.3. The van der Waals surface area contributed by atoms with Crippen LogP contribution in [-0.2, 0) is 38.1 Å². The molecule has 28 heavy (non-hydrogen) atoms. The average molecular weight is 425 g/mol. The van der Waals surface area contributed by atoms with Crippen LogP contribution in [0.1, 0.15) is 6.92 Å². The van der Waals surface area contributed by atoms with Gasteiger partial charge in [0.05, 0.1) is 58.6 Å². The Balaban J connectivity index is 3.15. The molecule has 0 saturated carbocycles. The van der Waals surface area contributed by atoms with E-state index in [0.717, 1.165) is 11.8 Å². The van der Waals surface area contributed by atoms with Crippen LogP contribution in [0.2, 0.25) is 0 Å². The minimum absolute atomic E-state index is 0.0478. The van der Waals surface area contributed by atoms with Gasteiger partial charge in [-0.05, 0) is 0 Å². The molecule has 0 heterocycles. The van der Waals surface area contributed by atoms with Crippen LogP contribution in [0.25, 0.3) is 0 Å². The van der Waals surface area contributed by atoms with Crippen LogP contribution in [0.5, 0.6) is 0 Å². The zero-order valence-corrected chi connectivity index (χ0v) is 17.5. The second-order valence-corrected chi connectivity index (χ2v) is 6.51. The van der Waals surface area contributed by atoms with Gasteiger partial charge in [-0.25, -0.2) is 0 Å². The summed E-state index contributed by atoms with van der Waals surface area (Å²) in [7, 11) is 1.46. The van der Waals surface area contributed by atoms with Gasteiger partial charge in [-0.3, -0.25) is 14.4 Å². The summed E-state index contributed by atoms with van der Waals surface area (Å²) in [5, 5.41) is 5.22. The summed E-state index contributed by atoms with van der Waals surface area (Å²) in [5.74, 6) is -0.219. The van der Waals surface area contributed by atoms with Gasteiger partial charge in [0.25, 0.3) is 0 Å². The fraction of sp³-hybridized carbons (Fsp3) is 0.824. The van der Waals surface area contributed by atoms with E-state index in [1.165, 1.54) is 14.0 Å². The predicted molar refractivity (Wildman–Crippen MR) is 104 cm³/mol. The highest BCUT2D eigenvalue weighted by Crippen LogP contribution is 1.98. The molecule has 0 aliphatic rings. The van der Waals surface area contributed by atoms with Crippen molar-refractivity contribution in [3.63, 3.8) is 0 Å². The van der Waals surface area contributed by atoms with Gasteiger partial charge >= 0.3 is 0 Å². The van der Waals surface area contributed by atoms with Crippen molar-refractivity contribution in [2.75, 3.05) is 85.4 Å². The number of carbonyl (C=O) groups excluding carboxylic acids is 3. The fourth-order valence-electron chi connectivity index (χ4n) is 1.69. The minimum atomic E-state index is -0.183. The van der Waals surface area contributed by atoms with Crippen molar-refractivity contribution in [2.45, 2.75) is 6.92 Å². The topological polar surface area (TPSA) is 121 Å². The Labute approximate surface area is 170 Å². The van der Waals surface area contributed by atoms with E-state index in [0.29, 0.717) is 65.9 Å². The third-order valence-electron chi connectivity index (χ3n) is 2.94. The zero-order valence-electron chi connectivity index (χ0n) is 16.7. The summed E-state index contributed by atoms with van der Waals surface area (Å²) in [5.41, 5.74) is 0. The minimum Gasteiger partial charge on any atom is -0.377 e. The number of rotatable bonds is 19. The van der Waals surface area contributed by atoms with E-state index < -0.39 is 0 Å². The molecule has 0 atom stereocenters. The summed E-state index contributed by atoms with van der Waals surface area (Å²) in [6.45, 7) is 5.79. The molecule has 0 aromatic carbocycles. The molecule has 0 radical (unpaired) electrons. The number of methoxy groups -OCH3 is 1. The summed E-state index contributed by atoms with van der Waals surface area (Å²) >= 11 is 0.979. The molecule has 0 saturated heterocycles. The van der Waals surface area contributed by atoms with Crippen LogP contribution < -0.4 is 10.6 Å². The molecule has 0 unspecified atom stereocenters. The van der Waals surface area contributed by atoms with Gasteiger partial charge in [-0.2, -0.15) is 0 Å². The highest BCUT2D eigenvalue weighted by Gasteiger charge is 2.03. The lowest BCUT2D eigenvalue weighted by atomic mass is 10.6.